The van der Waals surface area contributed by atoms with Crippen LogP contribution in [-0.4, -0.2) is 40.3 Å². The van der Waals surface area contributed by atoms with Gasteiger partial charge in [0.25, 0.3) is 5.69 Å². The second-order valence-corrected chi connectivity index (χ2v) is 8.40. The summed E-state index contributed by atoms with van der Waals surface area (Å²) in [6, 6.07) is 12.1. The van der Waals surface area contributed by atoms with Crippen LogP contribution in [0.5, 0.6) is 5.75 Å². The van der Waals surface area contributed by atoms with Crippen LogP contribution in [0, 0.1) is 28.4 Å². The largest absolute Gasteiger partial charge is 0.493 e. The maximum Gasteiger partial charge on any atom is 0.270 e. The maximum absolute atomic E-state index is 11.2. The number of nitro benzene ring substituents is 1. The number of benzene rings is 2. The highest BCUT2D eigenvalue weighted by atomic mass is 32.2. The van der Waals surface area contributed by atoms with Crippen LogP contribution >= 0.6 is 11.8 Å². The molecule has 0 radical (unpaired) electrons. The summed E-state index contributed by atoms with van der Waals surface area (Å²) in [7, 11) is 0. The minimum Gasteiger partial charge on any atom is -0.493 e. The number of ether oxygens (including phenoxy) is 1. The van der Waals surface area contributed by atoms with Crippen molar-refractivity contribution in [2.75, 3.05) is 30.8 Å². The number of thioether (sulfide) groups is 1. The number of nitrogens with zero attached hydrogens (tertiary/aromatic N) is 3. The summed E-state index contributed by atoms with van der Waals surface area (Å²) in [5, 5.41) is 18.9. The van der Waals surface area contributed by atoms with Gasteiger partial charge in [-0.05, 0) is 62.2 Å². The standard InChI is InChI=1S/C23H23N5O3S/c1-2-13-32-23-26-21-8-5-18(28(29)30)14-20(21)22(27-23)25-17-3-6-19(7-4-17)31-15-16-9-11-24-12-10-16/h1,3-8,14,16,24H,9-13,15H2,(H,25,26,27). The topological polar surface area (TPSA) is 102 Å². The summed E-state index contributed by atoms with van der Waals surface area (Å²) in [5.74, 6) is 4.86. The average molecular weight is 450 g/mol. The molecule has 32 heavy (non-hydrogen) atoms. The Morgan fingerprint density at radius 2 is 2.00 bits per heavy atom. The van der Waals surface area contributed by atoms with Gasteiger partial charge in [0.05, 0.1) is 22.8 Å². The minimum atomic E-state index is -0.432. The van der Waals surface area contributed by atoms with Crippen LogP contribution < -0.4 is 15.4 Å². The van der Waals surface area contributed by atoms with Crippen molar-refractivity contribution in [2.24, 2.45) is 5.92 Å². The predicted molar refractivity (Wildman–Crippen MR) is 127 cm³/mol. The van der Waals surface area contributed by atoms with E-state index in [1.165, 1.54) is 23.9 Å². The van der Waals surface area contributed by atoms with Gasteiger partial charge >= 0.3 is 0 Å². The Morgan fingerprint density at radius 3 is 2.72 bits per heavy atom. The summed E-state index contributed by atoms with van der Waals surface area (Å²) in [6.07, 6.45) is 7.62. The van der Waals surface area contributed by atoms with E-state index in [0.717, 1.165) is 37.4 Å². The van der Waals surface area contributed by atoms with Gasteiger partial charge in [0.1, 0.15) is 11.6 Å². The molecule has 2 aromatic carbocycles. The van der Waals surface area contributed by atoms with E-state index in [2.05, 4.69) is 26.5 Å². The predicted octanol–water partition coefficient (Wildman–Crippen LogP) is 4.39. The molecule has 0 aliphatic carbocycles. The Bertz CT molecular complexity index is 1140. The number of rotatable bonds is 8. The van der Waals surface area contributed by atoms with Gasteiger partial charge < -0.3 is 15.4 Å². The van der Waals surface area contributed by atoms with Crippen molar-refractivity contribution >= 4 is 39.9 Å². The number of nitrogens with one attached hydrogen (secondary N) is 2. The van der Waals surface area contributed by atoms with Crippen LogP contribution in [0.15, 0.2) is 47.6 Å². The highest BCUT2D eigenvalue weighted by Gasteiger charge is 2.15. The number of anilines is 2. The normalized spacial score (nSPS) is 14.1. The van der Waals surface area contributed by atoms with E-state index in [9.17, 15) is 10.1 Å². The summed E-state index contributed by atoms with van der Waals surface area (Å²) in [5.41, 5.74) is 1.38. The lowest BCUT2D eigenvalue weighted by molar-refractivity contribution is -0.384. The van der Waals surface area contributed by atoms with Crippen molar-refractivity contribution in [3.8, 4) is 18.1 Å². The van der Waals surface area contributed by atoms with E-state index < -0.39 is 4.92 Å². The summed E-state index contributed by atoms with van der Waals surface area (Å²) in [6.45, 7) is 2.80. The zero-order valence-corrected chi connectivity index (χ0v) is 18.2. The third kappa shape index (κ3) is 5.46. The first-order valence-electron chi connectivity index (χ1n) is 10.4. The number of piperidine rings is 1. The van der Waals surface area contributed by atoms with Gasteiger partial charge in [-0.2, -0.15) is 0 Å². The molecule has 8 nitrogen and oxygen atoms in total. The van der Waals surface area contributed by atoms with Crippen LogP contribution in [0.3, 0.4) is 0 Å². The molecule has 0 unspecified atom stereocenters. The molecule has 0 spiro atoms. The molecule has 4 rings (SSSR count). The van der Waals surface area contributed by atoms with Crippen LogP contribution in [0.2, 0.25) is 0 Å². The van der Waals surface area contributed by atoms with Gasteiger partial charge in [-0.3, -0.25) is 10.1 Å². The molecule has 1 fully saturated rings. The number of hydrogen-bond acceptors (Lipinski definition) is 8. The summed E-state index contributed by atoms with van der Waals surface area (Å²) >= 11 is 1.34. The first-order chi connectivity index (χ1) is 15.6. The molecule has 2 N–H and O–H groups in total. The number of non-ortho nitro benzene ring substituents is 1. The van der Waals surface area contributed by atoms with Crippen molar-refractivity contribution in [1.82, 2.24) is 15.3 Å². The van der Waals surface area contributed by atoms with Crippen molar-refractivity contribution in [3.63, 3.8) is 0 Å². The SMILES string of the molecule is C#CCSc1nc(Nc2ccc(OCC3CCNCC3)cc2)c2cc([N+](=O)[O-])ccc2n1. The van der Waals surface area contributed by atoms with Crippen LogP contribution in [-0.2, 0) is 0 Å². The van der Waals surface area contributed by atoms with Crippen molar-refractivity contribution in [2.45, 2.75) is 18.0 Å². The number of hydrogen-bond donors (Lipinski definition) is 2. The lowest BCUT2D eigenvalue weighted by atomic mass is 9.99. The number of fused-ring (bicyclic) bond motifs is 1. The molecule has 1 aliphatic rings. The Balaban J connectivity index is 1.54. The zero-order chi connectivity index (χ0) is 22.3. The minimum absolute atomic E-state index is 0.0187. The highest BCUT2D eigenvalue weighted by Crippen LogP contribution is 2.30. The first-order valence-corrected chi connectivity index (χ1v) is 11.3. The summed E-state index contributed by atoms with van der Waals surface area (Å²) < 4.78 is 5.95. The molecule has 0 amide bonds. The molecule has 1 saturated heterocycles. The zero-order valence-electron chi connectivity index (χ0n) is 17.4. The van der Waals surface area contributed by atoms with E-state index in [1.54, 1.807) is 6.07 Å². The fourth-order valence-electron chi connectivity index (χ4n) is 3.51. The molecule has 9 heteroatoms. The van der Waals surface area contributed by atoms with Crippen LogP contribution in [0.4, 0.5) is 17.2 Å². The Kier molecular flexibility index (Phi) is 7.04. The molecule has 1 aliphatic heterocycles. The van der Waals surface area contributed by atoms with Crippen molar-refractivity contribution in [3.05, 3.63) is 52.6 Å². The lowest BCUT2D eigenvalue weighted by Crippen LogP contribution is -2.30. The van der Waals surface area contributed by atoms with E-state index in [0.29, 0.717) is 40.2 Å². The van der Waals surface area contributed by atoms with Gasteiger partial charge in [0, 0.05) is 23.2 Å². The smallest absolute Gasteiger partial charge is 0.270 e. The highest BCUT2D eigenvalue weighted by molar-refractivity contribution is 7.99. The Hall–Kier alpha value is -3.35. The fraction of sp³-hybridized carbons (Fsp3) is 0.304. The number of aromatic nitrogens is 2. The van der Waals surface area contributed by atoms with Gasteiger partial charge in [0.2, 0.25) is 0 Å². The first kappa shape index (κ1) is 21.9. The number of terminal acetylenes is 1. The van der Waals surface area contributed by atoms with Gasteiger partial charge in [-0.25, -0.2) is 9.97 Å². The van der Waals surface area contributed by atoms with Gasteiger partial charge in [-0.15, -0.1) is 6.42 Å². The summed E-state index contributed by atoms with van der Waals surface area (Å²) in [4.78, 5) is 19.8. The van der Waals surface area contributed by atoms with Gasteiger partial charge in [0.15, 0.2) is 5.16 Å². The molecule has 0 bridgehead atoms. The van der Waals surface area contributed by atoms with Crippen LogP contribution in [0.25, 0.3) is 10.9 Å². The second-order valence-electron chi connectivity index (χ2n) is 7.46. The monoisotopic (exact) mass is 449 g/mol. The molecule has 1 aromatic heterocycles. The van der Waals surface area contributed by atoms with E-state index in [-0.39, 0.29) is 5.69 Å². The van der Waals surface area contributed by atoms with Crippen molar-refractivity contribution < 1.29 is 9.66 Å². The fourth-order valence-corrected chi connectivity index (χ4v) is 4.04. The quantitative estimate of drug-likeness (QED) is 0.172. The average Bonchev–Trinajstić information content (AvgIpc) is 2.82. The molecular weight excluding hydrogens is 426 g/mol. The third-order valence-electron chi connectivity index (χ3n) is 5.22. The Labute approximate surface area is 190 Å². The van der Waals surface area contributed by atoms with E-state index >= 15 is 0 Å². The second kappa shape index (κ2) is 10.3. The number of nitro groups is 1. The van der Waals surface area contributed by atoms with Gasteiger partial charge in [-0.1, -0.05) is 17.7 Å². The molecule has 164 valence electrons. The van der Waals surface area contributed by atoms with E-state index in [4.69, 9.17) is 11.2 Å². The molecular formula is C23H23N5O3S. The molecule has 0 atom stereocenters. The maximum atomic E-state index is 11.2. The van der Waals surface area contributed by atoms with E-state index in [1.807, 2.05) is 24.3 Å². The molecule has 2 heterocycles. The third-order valence-corrected chi connectivity index (χ3v) is 5.97. The van der Waals surface area contributed by atoms with Crippen LogP contribution in [0.1, 0.15) is 12.8 Å². The lowest BCUT2D eigenvalue weighted by Gasteiger charge is -2.22. The molecule has 3 aromatic rings. The molecule has 0 saturated carbocycles. The Morgan fingerprint density at radius 1 is 1.22 bits per heavy atom. The van der Waals surface area contributed by atoms with Crippen molar-refractivity contribution in [1.29, 1.82) is 0 Å².